The largest absolute Gasteiger partial charge is 0.497 e. The topological polar surface area (TPSA) is 97.3 Å². The van der Waals surface area contributed by atoms with E-state index in [0.29, 0.717) is 11.5 Å². The zero-order valence-corrected chi connectivity index (χ0v) is 16.3. The van der Waals surface area contributed by atoms with Crippen molar-refractivity contribution in [2.24, 2.45) is 5.92 Å². The maximum atomic E-state index is 12.6. The van der Waals surface area contributed by atoms with E-state index in [1.165, 1.54) is 12.0 Å². The van der Waals surface area contributed by atoms with Crippen LogP contribution in [0.4, 0.5) is 0 Å². The Hall–Kier alpha value is -3.10. The first-order valence-electron chi connectivity index (χ1n) is 9.16. The minimum Gasteiger partial charge on any atom is -0.497 e. The zero-order valence-electron chi connectivity index (χ0n) is 16.3. The molecule has 1 heterocycles. The van der Waals surface area contributed by atoms with Gasteiger partial charge in [-0.2, -0.15) is 0 Å². The number of likely N-dealkylation sites (tertiary alicyclic amines) is 1. The van der Waals surface area contributed by atoms with Gasteiger partial charge in [0.05, 0.1) is 33.5 Å². The van der Waals surface area contributed by atoms with Crippen molar-refractivity contribution in [2.45, 2.75) is 19.2 Å². The third kappa shape index (κ3) is 4.49. The smallest absolute Gasteiger partial charge is 0.258 e. The van der Waals surface area contributed by atoms with Gasteiger partial charge in [0, 0.05) is 18.2 Å². The minimum absolute atomic E-state index is 0.185. The lowest BCUT2D eigenvalue weighted by atomic mass is 9.86. The highest BCUT2D eigenvalue weighted by Crippen LogP contribution is 2.32. The highest BCUT2D eigenvalue weighted by molar-refractivity contribution is 6.05. The number of carbonyl (C=O) groups excluding carboxylic acids is 2. The lowest BCUT2D eigenvalue weighted by Gasteiger charge is -2.45. The molecule has 8 heteroatoms. The Bertz CT molecular complexity index is 858. The number of aliphatic hydroxyl groups excluding tert-OH is 1. The summed E-state index contributed by atoms with van der Waals surface area (Å²) >= 11 is 0. The highest BCUT2D eigenvalue weighted by atomic mass is 16.6. The van der Waals surface area contributed by atoms with Crippen molar-refractivity contribution < 1.29 is 29.0 Å². The Balaban J connectivity index is 1.60. The van der Waals surface area contributed by atoms with Crippen LogP contribution in [0, 0.1) is 5.92 Å². The number of nitrogens with zero attached hydrogens (tertiary/aromatic N) is 1. The molecule has 0 saturated carbocycles. The van der Waals surface area contributed by atoms with E-state index in [-0.39, 0.29) is 25.7 Å². The van der Waals surface area contributed by atoms with Crippen molar-refractivity contribution in [3.63, 3.8) is 0 Å². The van der Waals surface area contributed by atoms with E-state index in [9.17, 15) is 14.7 Å². The minimum atomic E-state index is -0.986. The summed E-state index contributed by atoms with van der Waals surface area (Å²) in [5.74, 6) is -0.731. The van der Waals surface area contributed by atoms with Crippen LogP contribution in [-0.4, -0.2) is 48.7 Å². The number of hydrogen-bond acceptors (Lipinski definition) is 6. The van der Waals surface area contributed by atoms with Crippen molar-refractivity contribution in [1.29, 1.82) is 0 Å². The Kier molecular flexibility index (Phi) is 6.69. The molecule has 1 saturated heterocycles. The lowest BCUT2D eigenvalue weighted by molar-refractivity contribution is -0.171. The first kappa shape index (κ1) is 20.6. The maximum absolute atomic E-state index is 12.6. The molecular formula is C21H24N2O6. The normalized spacial score (nSPS) is 18.2. The van der Waals surface area contributed by atoms with Gasteiger partial charge in [-0.15, -0.1) is 0 Å². The number of methoxy groups -OCH3 is 2. The average Bonchev–Trinajstić information content (AvgIpc) is 2.75. The lowest BCUT2D eigenvalue weighted by Crippen LogP contribution is -2.66. The van der Waals surface area contributed by atoms with Crippen LogP contribution < -0.4 is 15.0 Å². The molecule has 0 bridgehead atoms. The first-order chi connectivity index (χ1) is 14.1. The number of β-lactam (4-membered cyclic amide) rings is 1. The molecule has 8 nitrogen and oxygen atoms in total. The summed E-state index contributed by atoms with van der Waals surface area (Å²) in [6, 6.07) is 14.0. The van der Waals surface area contributed by atoms with Crippen LogP contribution in [-0.2, 0) is 27.6 Å². The summed E-state index contributed by atoms with van der Waals surface area (Å²) in [5, 5.41) is 9.72. The molecule has 0 spiro atoms. The van der Waals surface area contributed by atoms with E-state index in [1.54, 1.807) is 25.3 Å². The van der Waals surface area contributed by atoms with Crippen LogP contribution in [0.1, 0.15) is 11.1 Å². The predicted molar refractivity (Wildman–Crippen MR) is 104 cm³/mol. The molecule has 29 heavy (non-hydrogen) atoms. The average molecular weight is 400 g/mol. The molecule has 0 aliphatic carbocycles. The second-order valence-electron chi connectivity index (χ2n) is 6.61. The van der Waals surface area contributed by atoms with Gasteiger partial charge in [0.1, 0.15) is 17.4 Å². The molecule has 2 N–H and O–H groups in total. The van der Waals surface area contributed by atoms with Crippen molar-refractivity contribution in [2.75, 3.05) is 20.8 Å². The van der Waals surface area contributed by atoms with Gasteiger partial charge in [-0.3, -0.25) is 14.4 Å². The molecule has 2 unspecified atom stereocenters. The molecule has 1 fully saturated rings. The van der Waals surface area contributed by atoms with E-state index in [1.807, 2.05) is 30.3 Å². The van der Waals surface area contributed by atoms with Crippen LogP contribution in [0.5, 0.6) is 11.5 Å². The number of amides is 2. The second-order valence-corrected chi connectivity index (χ2v) is 6.61. The summed E-state index contributed by atoms with van der Waals surface area (Å²) in [5.41, 5.74) is 3.95. The van der Waals surface area contributed by atoms with Crippen molar-refractivity contribution >= 4 is 11.8 Å². The maximum Gasteiger partial charge on any atom is 0.258 e. The number of ether oxygens (including phenoxy) is 2. The van der Waals surface area contributed by atoms with Crippen LogP contribution in [0.25, 0.3) is 0 Å². The summed E-state index contributed by atoms with van der Waals surface area (Å²) < 4.78 is 10.5. The monoisotopic (exact) mass is 400 g/mol. The van der Waals surface area contributed by atoms with Crippen LogP contribution in [0.2, 0.25) is 0 Å². The molecular weight excluding hydrogens is 376 g/mol. The molecule has 0 aromatic heterocycles. The first-order valence-corrected chi connectivity index (χ1v) is 9.16. The molecule has 2 atom stereocenters. The fraction of sp³-hybridized carbons (Fsp3) is 0.333. The highest BCUT2D eigenvalue weighted by Gasteiger charge is 2.51. The summed E-state index contributed by atoms with van der Waals surface area (Å²) in [6.07, 6.45) is 0. The molecule has 2 aromatic rings. The third-order valence-electron chi connectivity index (χ3n) is 4.89. The number of nitrogens with one attached hydrogen (secondary N) is 1. The fourth-order valence-corrected chi connectivity index (χ4v) is 3.28. The fourth-order valence-electron chi connectivity index (χ4n) is 3.28. The molecule has 0 radical (unpaired) electrons. The quantitative estimate of drug-likeness (QED) is 0.374. The van der Waals surface area contributed by atoms with E-state index >= 15 is 0 Å². The van der Waals surface area contributed by atoms with Crippen molar-refractivity contribution in [3.8, 4) is 11.5 Å². The van der Waals surface area contributed by atoms with Gasteiger partial charge in [0.15, 0.2) is 0 Å². The van der Waals surface area contributed by atoms with Gasteiger partial charge in [0.25, 0.3) is 5.91 Å². The number of aliphatic hydroxyl groups is 1. The Labute approximate surface area is 168 Å². The standard InChI is InChI=1S/C21H24N2O6/c1-27-16-9-8-15(18(10-16)28-2)11-23-17(12-24)19(21(23)26)20(25)22-29-13-14-6-4-3-5-7-14/h3-10,17,19,24H,11-13H2,1-2H3,(H,22,25). The van der Waals surface area contributed by atoms with Gasteiger partial charge < -0.3 is 19.5 Å². The van der Waals surface area contributed by atoms with Gasteiger partial charge in [-0.25, -0.2) is 5.48 Å². The predicted octanol–water partition coefficient (Wildman–Crippen LogP) is 1.27. The Morgan fingerprint density at radius 2 is 1.90 bits per heavy atom. The number of rotatable bonds is 9. The molecule has 2 aromatic carbocycles. The number of benzene rings is 2. The van der Waals surface area contributed by atoms with Gasteiger partial charge in [-0.05, 0) is 17.7 Å². The van der Waals surface area contributed by atoms with E-state index in [2.05, 4.69) is 5.48 Å². The van der Waals surface area contributed by atoms with Gasteiger partial charge in [-0.1, -0.05) is 30.3 Å². The second kappa shape index (κ2) is 9.40. The third-order valence-corrected chi connectivity index (χ3v) is 4.89. The Morgan fingerprint density at radius 1 is 1.14 bits per heavy atom. The number of carbonyl (C=O) groups is 2. The van der Waals surface area contributed by atoms with E-state index < -0.39 is 17.9 Å². The zero-order chi connectivity index (χ0) is 20.8. The van der Waals surface area contributed by atoms with Crippen molar-refractivity contribution in [1.82, 2.24) is 10.4 Å². The molecule has 2 amide bonds. The molecule has 1 aliphatic rings. The van der Waals surface area contributed by atoms with Crippen molar-refractivity contribution in [3.05, 3.63) is 59.7 Å². The SMILES string of the molecule is COc1ccc(CN2C(=O)C(C(=O)NOCc3ccccc3)C2CO)c(OC)c1. The molecule has 3 rings (SSSR count). The number of hydrogen-bond donors (Lipinski definition) is 2. The van der Waals surface area contributed by atoms with Crippen LogP contribution >= 0.6 is 0 Å². The summed E-state index contributed by atoms with van der Waals surface area (Å²) in [7, 11) is 3.08. The van der Waals surface area contributed by atoms with Gasteiger partial charge >= 0.3 is 0 Å². The molecule has 1 aliphatic heterocycles. The van der Waals surface area contributed by atoms with E-state index in [0.717, 1.165) is 11.1 Å². The molecule has 154 valence electrons. The summed E-state index contributed by atoms with van der Waals surface area (Å²) in [4.78, 5) is 31.6. The van der Waals surface area contributed by atoms with E-state index in [4.69, 9.17) is 14.3 Å². The Morgan fingerprint density at radius 3 is 2.55 bits per heavy atom. The number of hydroxylamine groups is 1. The van der Waals surface area contributed by atoms with Crippen LogP contribution in [0.15, 0.2) is 48.5 Å². The van der Waals surface area contributed by atoms with Crippen LogP contribution in [0.3, 0.4) is 0 Å². The summed E-state index contributed by atoms with van der Waals surface area (Å²) in [6.45, 7) is 0.0664. The van der Waals surface area contributed by atoms with Gasteiger partial charge in [0.2, 0.25) is 5.91 Å².